The Hall–Kier alpha value is -5.82. The van der Waals surface area contributed by atoms with Crippen molar-refractivity contribution in [2.45, 2.75) is 4.08 Å². The molecule has 0 radical (unpaired) electrons. The van der Waals surface area contributed by atoms with E-state index in [4.69, 9.17) is 35.2 Å². The van der Waals surface area contributed by atoms with Gasteiger partial charge in [-0.1, -0.05) is 103 Å². The summed E-state index contributed by atoms with van der Waals surface area (Å²) in [6.07, 6.45) is 5.83. The van der Waals surface area contributed by atoms with Gasteiger partial charge >= 0.3 is 0 Å². The first-order valence-corrected chi connectivity index (χ1v) is 17.7. The van der Waals surface area contributed by atoms with Crippen molar-refractivity contribution < 1.29 is 0 Å². The van der Waals surface area contributed by atoms with Gasteiger partial charge in [0.2, 0.25) is 0 Å². The lowest BCUT2D eigenvalue weighted by Crippen LogP contribution is -2.26. The predicted octanol–water partition coefficient (Wildman–Crippen LogP) is 10.8. The monoisotopic (exact) mass is 690 g/mol. The van der Waals surface area contributed by atoms with Gasteiger partial charge in [-0.25, -0.2) is 9.97 Å². The maximum atomic E-state index is 5.50. The molecule has 0 amide bonds. The quantitative estimate of drug-likeness (QED) is 0.135. The van der Waals surface area contributed by atoms with E-state index in [0.29, 0.717) is 0 Å². The van der Waals surface area contributed by atoms with Gasteiger partial charge in [0.1, 0.15) is 4.08 Å². The van der Waals surface area contributed by atoms with Crippen LogP contribution in [0.1, 0.15) is 27.9 Å². The van der Waals surface area contributed by atoms with E-state index < -0.39 is 4.08 Å². The second-order valence-electron chi connectivity index (χ2n) is 12.5. The van der Waals surface area contributed by atoms with Gasteiger partial charge in [0.25, 0.3) is 0 Å². The fourth-order valence-electron chi connectivity index (χ4n) is 7.20. The number of hydrogen-bond acceptors (Lipinski definition) is 6. The SMILES string of the molecule is SC1(S)C2=Cc3cccc(-c4cccc(-c5ccccn5)n4)c3C2=C(c2ccccc2)C(c2ccccc2)=C1c1cccc(-c2ccccn2)n1. The van der Waals surface area contributed by atoms with Gasteiger partial charge in [-0.2, -0.15) is 25.3 Å². The average Bonchev–Trinajstić information content (AvgIpc) is 3.60. The van der Waals surface area contributed by atoms with Crippen LogP contribution in [0.15, 0.2) is 170 Å². The van der Waals surface area contributed by atoms with Gasteiger partial charge < -0.3 is 0 Å². The average molecular weight is 691 g/mol. The van der Waals surface area contributed by atoms with Crippen LogP contribution in [-0.4, -0.2) is 24.0 Å². The molecule has 0 unspecified atom stereocenters. The van der Waals surface area contributed by atoms with E-state index in [-0.39, 0.29) is 0 Å². The molecule has 0 atom stereocenters. The lowest BCUT2D eigenvalue weighted by molar-refractivity contribution is 1.18. The molecule has 4 nitrogen and oxygen atoms in total. The summed E-state index contributed by atoms with van der Waals surface area (Å²) in [6.45, 7) is 0. The Balaban J connectivity index is 1.36. The molecule has 2 aliphatic rings. The van der Waals surface area contributed by atoms with Gasteiger partial charge in [0, 0.05) is 23.5 Å². The zero-order chi connectivity index (χ0) is 34.4. The molecule has 0 saturated carbocycles. The van der Waals surface area contributed by atoms with Crippen molar-refractivity contribution in [3.63, 3.8) is 0 Å². The summed E-state index contributed by atoms with van der Waals surface area (Å²) in [5, 5.41) is 0. The van der Waals surface area contributed by atoms with Gasteiger partial charge in [-0.15, -0.1) is 0 Å². The van der Waals surface area contributed by atoms with E-state index in [1.165, 1.54) is 0 Å². The Bertz CT molecular complexity index is 2530. The van der Waals surface area contributed by atoms with Crippen LogP contribution in [-0.2, 0) is 0 Å². The van der Waals surface area contributed by atoms with E-state index in [1.807, 2.05) is 60.7 Å². The first-order valence-electron chi connectivity index (χ1n) is 16.8. The Morgan fingerprint density at radius 3 is 1.53 bits per heavy atom. The molecule has 4 aromatic heterocycles. The van der Waals surface area contributed by atoms with Crippen LogP contribution in [0.5, 0.6) is 0 Å². The molecule has 242 valence electrons. The summed E-state index contributed by atoms with van der Waals surface area (Å²) in [5.41, 5.74) is 15.4. The number of pyridine rings is 4. The molecule has 51 heavy (non-hydrogen) atoms. The Kier molecular flexibility index (Phi) is 7.83. The van der Waals surface area contributed by atoms with Gasteiger partial charge in [-0.3, -0.25) is 9.97 Å². The van der Waals surface area contributed by atoms with Crippen LogP contribution >= 0.6 is 25.3 Å². The summed E-state index contributed by atoms with van der Waals surface area (Å²) in [4.78, 5) is 19.6. The van der Waals surface area contributed by atoms with Crippen molar-refractivity contribution >= 4 is 53.6 Å². The van der Waals surface area contributed by atoms with Crippen molar-refractivity contribution in [3.05, 3.63) is 198 Å². The summed E-state index contributed by atoms with van der Waals surface area (Å²) in [6, 6.07) is 51.6. The number of aromatic nitrogens is 4. The maximum Gasteiger partial charge on any atom is 0.109 e. The molecule has 0 aliphatic heterocycles. The molecule has 3 aromatic carbocycles. The van der Waals surface area contributed by atoms with Crippen LogP contribution in [0.25, 0.3) is 62.4 Å². The standard InChI is InChI=1S/C45H30N4S2/c50-45(51)33-28-31-18-11-19-32(34-22-12-23-37(48-34)35-20-7-9-26-46-35)40(31)43(33)41(29-14-3-1-4-15-29)42(30-16-5-2-6-17-30)44(45)39-25-13-24-38(49-39)36-21-8-10-27-47-36/h1-28,50-51H. The van der Waals surface area contributed by atoms with E-state index in [2.05, 4.69) is 107 Å². The minimum absolute atomic E-state index is 0.784. The van der Waals surface area contributed by atoms with E-state index in [1.54, 1.807) is 12.4 Å². The van der Waals surface area contributed by atoms with Crippen LogP contribution in [0, 0.1) is 0 Å². The molecule has 0 spiro atoms. The number of hydrogen-bond donors (Lipinski definition) is 2. The van der Waals surface area contributed by atoms with Gasteiger partial charge in [-0.05, 0) is 99.2 Å². The van der Waals surface area contributed by atoms with Crippen molar-refractivity contribution in [3.8, 4) is 34.0 Å². The van der Waals surface area contributed by atoms with Crippen molar-refractivity contribution in [2.24, 2.45) is 0 Å². The van der Waals surface area contributed by atoms with Crippen LogP contribution < -0.4 is 0 Å². The highest BCUT2D eigenvalue weighted by Gasteiger charge is 2.46. The lowest BCUT2D eigenvalue weighted by atomic mass is 9.74. The second kappa shape index (κ2) is 12.8. The second-order valence-corrected chi connectivity index (χ2v) is 14.2. The van der Waals surface area contributed by atoms with Gasteiger partial charge in [0.15, 0.2) is 0 Å². The number of allylic oxidation sites excluding steroid dienone is 3. The van der Waals surface area contributed by atoms with E-state index >= 15 is 0 Å². The Morgan fingerprint density at radius 2 is 0.922 bits per heavy atom. The van der Waals surface area contributed by atoms with Crippen LogP contribution in [0.2, 0.25) is 0 Å². The van der Waals surface area contributed by atoms with Crippen molar-refractivity contribution in [2.75, 3.05) is 0 Å². The molecule has 4 heterocycles. The maximum absolute atomic E-state index is 5.50. The molecule has 0 bridgehead atoms. The fraction of sp³-hybridized carbons (Fsp3) is 0.0222. The molecular weight excluding hydrogens is 661 g/mol. The lowest BCUT2D eigenvalue weighted by Gasteiger charge is -2.38. The summed E-state index contributed by atoms with van der Waals surface area (Å²) >= 11 is 11.0. The first-order chi connectivity index (χ1) is 25.1. The third-order valence-electron chi connectivity index (χ3n) is 9.40. The third kappa shape index (κ3) is 5.44. The number of benzene rings is 3. The highest BCUT2D eigenvalue weighted by Crippen LogP contribution is 2.62. The van der Waals surface area contributed by atoms with Gasteiger partial charge in [0.05, 0.1) is 34.2 Å². The number of rotatable bonds is 6. The van der Waals surface area contributed by atoms with Crippen molar-refractivity contribution in [1.82, 2.24) is 19.9 Å². The van der Waals surface area contributed by atoms with E-state index in [9.17, 15) is 0 Å². The fourth-order valence-corrected chi connectivity index (χ4v) is 8.01. The third-order valence-corrected chi connectivity index (χ3v) is 10.3. The van der Waals surface area contributed by atoms with Crippen molar-refractivity contribution in [1.29, 1.82) is 0 Å². The number of fused-ring (bicyclic) bond motifs is 3. The van der Waals surface area contributed by atoms with Crippen LogP contribution in [0.3, 0.4) is 0 Å². The highest BCUT2D eigenvalue weighted by atomic mass is 32.2. The largest absolute Gasteiger partial charge is 0.255 e. The zero-order valence-corrected chi connectivity index (χ0v) is 29.1. The summed E-state index contributed by atoms with van der Waals surface area (Å²) < 4.78 is -1.03. The molecule has 7 aromatic rings. The smallest absolute Gasteiger partial charge is 0.109 e. The minimum atomic E-state index is -1.03. The topological polar surface area (TPSA) is 51.6 Å². The summed E-state index contributed by atoms with van der Waals surface area (Å²) in [7, 11) is 0. The highest BCUT2D eigenvalue weighted by molar-refractivity contribution is 8.02. The zero-order valence-electron chi connectivity index (χ0n) is 27.3. The molecule has 6 heteroatoms. The molecule has 0 saturated heterocycles. The Labute approximate surface area is 307 Å². The molecule has 2 aliphatic carbocycles. The van der Waals surface area contributed by atoms with Crippen LogP contribution in [0.4, 0.5) is 0 Å². The number of thiol groups is 2. The predicted molar refractivity (Wildman–Crippen MR) is 216 cm³/mol. The Morgan fingerprint density at radius 1 is 0.412 bits per heavy atom. The first kappa shape index (κ1) is 31.2. The number of nitrogens with zero attached hydrogens (tertiary/aromatic N) is 4. The molecule has 0 N–H and O–H groups in total. The van der Waals surface area contributed by atoms with E-state index in [0.717, 1.165) is 89.8 Å². The molecule has 9 rings (SSSR count). The normalized spacial score (nSPS) is 14.6. The minimum Gasteiger partial charge on any atom is -0.255 e. The summed E-state index contributed by atoms with van der Waals surface area (Å²) in [5.74, 6) is 0. The molecular formula is C45H30N4S2. The molecule has 0 fully saturated rings.